The van der Waals surface area contributed by atoms with Crippen molar-refractivity contribution in [3.63, 3.8) is 0 Å². The van der Waals surface area contributed by atoms with Crippen molar-refractivity contribution in [1.29, 1.82) is 0 Å². The van der Waals surface area contributed by atoms with E-state index in [2.05, 4.69) is 0 Å². The Morgan fingerprint density at radius 1 is 1.50 bits per heavy atom. The minimum Gasteiger partial charge on any atom is -0.395 e. The van der Waals surface area contributed by atoms with Crippen LogP contribution < -0.4 is 0 Å². The van der Waals surface area contributed by atoms with Gasteiger partial charge in [-0.2, -0.15) is 0 Å². The molecule has 0 aliphatic carbocycles. The van der Waals surface area contributed by atoms with Crippen LogP contribution in [0, 0.1) is 6.92 Å². The van der Waals surface area contributed by atoms with E-state index in [1.54, 1.807) is 0 Å². The molecule has 0 radical (unpaired) electrons. The van der Waals surface area contributed by atoms with E-state index in [0.29, 0.717) is 5.75 Å². The minimum absolute atomic E-state index is 0.00190. The van der Waals surface area contributed by atoms with E-state index in [9.17, 15) is 4.21 Å². The average Bonchev–Trinajstić information content (AvgIpc) is 2.17. The van der Waals surface area contributed by atoms with Gasteiger partial charge in [0.1, 0.15) is 0 Å². The summed E-state index contributed by atoms with van der Waals surface area (Å²) in [4.78, 5) is 0. The minimum atomic E-state index is -0.974. The Bertz CT molecular complexity index is 323. The molecular formula is C11H16O2S. The van der Waals surface area contributed by atoms with E-state index in [-0.39, 0.29) is 11.9 Å². The molecule has 2 unspecified atom stereocenters. The molecule has 1 rings (SSSR count). The maximum Gasteiger partial charge on any atom is 0.0569 e. The van der Waals surface area contributed by atoms with E-state index in [4.69, 9.17) is 5.11 Å². The highest BCUT2D eigenvalue weighted by Crippen LogP contribution is 2.19. The second kappa shape index (κ2) is 5.27. The molecule has 0 aromatic heterocycles. The van der Waals surface area contributed by atoms with Crippen LogP contribution in [0.15, 0.2) is 24.3 Å². The Morgan fingerprint density at radius 3 is 2.79 bits per heavy atom. The number of aliphatic hydroxyl groups is 1. The fraction of sp³-hybridized carbons (Fsp3) is 0.455. The fourth-order valence-corrected chi connectivity index (χ4v) is 2.33. The lowest BCUT2D eigenvalue weighted by Gasteiger charge is -2.11. The van der Waals surface area contributed by atoms with Crippen molar-refractivity contribution in [2.24, 2.45) is 0 Å². The van der Waals surface area contributed by atoms with E-state index < -0.39 is 10.8 Å². The Balaban J connectivity index is 2.78. The molecule has 0 saturated carbocycles. The summed E-state index contributed by atoms with van der Waals surface area (Å²) in [6, 6.07) is 8.01. The molecule has 1 aromatic rings. The molecular weight excluding hydrogens is 196 g/mol. The van der Waals surface area contributed by atoms with Crippen molar-refractivity contribution in [3.05, 3.63) is 35.4 Å². The van der Waals surface area contributed by atoms with Crippen LogP contribution in [0.25, 0.3) is 0 Å². The van der Waals surface area contributed by atoms with Crippen LogP contribution in [-0.2, 0) is 10.8 Å². The van der Waals surface area contributed by atoms with Gasteiger partial charge in [-0.3, -0.25) is 4.21 Å². The van der Waals surface area contributed by atoms with Crippen molar-refractivity contribution >= 4 is 10.8 Å². The summed E-state index contributed by atoms with van der Waals surface area (Å²) in [5.74, 6) is 0.356. The molecule has 0 saturated heterocycles. The molecule has 0 heterocycles. The van der Waals surface area contributed by atoms with Gasteiger partial charge >= 0.3 is 0 Å². The summed E-state index contributed by atoms with van der Waals surface area (Å²) in [6.45, 7) is 3.94. The number of hydrogen-bond acceptors (Lipinski definition) is 2. The van der Waals surface area contributed by atoms with Gasteiger partial charge in [0.25, 0.3) is 0 Å². The Kier molecular flexibility index (Phi) is 4.29. The maximum absolute atomic E-state index is 11.6. The summed E-state index contributed by atoms with van der Waals surface area (Å²) in [5.41, 5.74) is 2.26. The molecule has 0 aliphatic rings. The smallest absolute Gasteiger partial charge is 0.0569 e. The predicted octanol–water partition coefficient (Wildman–Crippen LogP) is 1.80. The molecule has 2 atom stereocenters. The Labute approximate surface area is 87.4 Å². The highest BCUT2D eigenvalue weighted by atomic mass is 32.2. The summed E-state index contributed by atoms with van der Waals surface area (Å²) in [7, 11) is -0.974. The first-order chi connectivity index (χ1) is 6.65. The SMILES string of the molecule is Cc1cccc(C(C)S(=O)CCO)c1. The third-order valence-corrected chi connectivity index (χ3v) is 3.84. The zero-order valence-corrected chi connectivity index (χ0v) is 9.38. The summed E-state index contributed by atoms with van der Waals surface area (Å²) >= 11 is 0. The molecule has 2 nitrogen and oxygen atoms in total. The fourth-order valence-electron chi connectivity index (χ4n) is 1.34. The second-order valence-electron chi connectivity index (χ2n) is 3.36. The summed E-state index contributed by atoms with van der Waals surface area (Å²) < 4.78 is 11.6. The largest absolute Gasteiger partial charge is 0.395 e. The molecule has 14 heavy (non-hydrogen) atoms. The van der Waals surface area contributed by atoms with E-state index in [0.717, 1.165) is 5.56 Å². The van der Waals surface area contributed by atoms with Crippen molar-refractivity contribution in [3.8, 4) is 0 Å². The van der Waals surface area contributed by atoms with Gasteiger partial charge in [-0.15, -0.1) is 0 Å². The molecule has 1 N–H and O–H groups in total. The third kappa shape index (κ3) is 2.93. The highest BCUT2D eigenvalue weighted by Gasteiger charge is 2.12. The quantitative estimate of drug-likeness (QED) is 0.826. The first-order valence-corrected chi connectivity index (χ1v) is 6.08. The molecule has 1 aromatic carbocycles. The second-order valence-corrected chi connectivity index (χ2v) is 5.24. The van der Waals surface area contributed by atoms with Crippen molar-refractivity contribution in [2.45, 2.75) is 19.1 Å². The summed E-state index contributed by atoms with van der Waals surface area (Å²) in [6.07, 6.45) is 0. The molecule has 0 fully saturated rings. The van der Waals surface area contributed by atoms with Crippen molar-refractivity contribution in [1.82, 2.24) is 0 Å². The average molecular weight is 212 g/mol. The zero-order chi connectivity index (χ0) is 10.6. The number of aryl methyl sites for hydroxylation is 1. The van der Waals surface area contributed by atoms with Crippen LogP contribution >= 0.6 is 0 Å². The predicted molar refractivity (Wildman–Crippen MR) is 59.7 cm³/mol. The van der Waals surface area contributed by atoms with E-state index >= 15 is 0 Å². The van der Waals surface area contributed by atoms with Crippen LogP contribution in [0.3, 0.4) is 0 Å². The lowest BCUT2D eigenvalue weighted by Crippen LogP contribution is -2.09. The first kappa shape index (κ1) is 11.4. The van der Waals surface area contributed by atoms with Crippen LogP contribution in [-0.4, -0.2) is 21.7 Å². The van der Waals surface area contributed by atoms with Crippen molar-refractivity contribution in [2.75, 3.05) is 12.4 Å². The van der Waals surface area contributed by atoms with Gasteiger partial charge < -0.3 is 5.11 Å². The molecule has 0 aliphatic heterocycles. The highest BCUT2D eigenvalue weighted by molar-refractivity contribution is 7.85. The first-order valence-electron chi connectivity index (χ1n) is 4.69. The van der Waals surface area contributed by atoms with Gasteiger partial charge in [-0.1, -0.05) is 29.8 Å². The molecule has 0 bridgehead atoms. The third-order valence-electron chi connectivity index (χ3n) is 2.20. The summed E-state index contributed by atoms with van der Waals surface area (Å²) in [5, 5.41) is 8.70. The number of hydrogen-bond donors (Lipinski definition) is 1. The standard InChI is InChI=1S/C11H16O2S/c1-9-4-3-5-11(8-9)10(2)14(13)7-6-12/h3-5,8,10,12H,6-7H2,1-2H3. The monoisotopic (exact) mass is 212 g/mol. The lowest BCUT2D eigenvalue weighted by molar-refractivity contribution is 0.321. The maximum atomic E-state index is 11.6. The topological polar surface area (TPSA) is 37.3 Å². The van der Waals surface area contributed by atoms with E-state index in [1.165, 1.54) is 5.56 Å². The molecule has 78 valence electrons. The zero-order valence-electron chi connectivity index (χ0n) is 8.56. The number of benzene rings is 1. The van der Waals surface area contributed by atoms with Gasteiger partial charge in [0, 0.05) is 16.6 Å². The molecule has 3 heteroatoms. The van der Waals surface area contributed by atoms with Crippen LogP contribution in [0.5, 0.6) is 0 Å². The van der Waals surface area contributed by atoms with Gasteiger partial charge in [0.2, 0.25) is 0 Å². The van der Waals surface area contributed by atoms with E-state index in [1.807, 2.05) is 38.1 Å². The van der Waals surface area contributed by atoms with Gasteiger partial charge in [0.05, 0.1) is 11.9 Å². The normalized spacial score (nSPS) is 15.1. The number of aliphatic hydroxyl groups excluding tert-OH is 1. The lowest BCUT2D eigenvalue weighted by atomic mass is 10.1. The van der Waals surface area contributed by atoms with Gasteiger partial charge in [-0.25, -0.2) is 0 Å². The van der Waals surface area contributed by atoms with Crippen LogP contribution in [0.1, 0.15) is 23.3 Å². The van der Waals surface area contributed by atoms with Crippen LogP contribution in [0.4, 0.5) is 0 Å². The Hall–Kier alpha value is -0.670. The van der Waals surface area contributed by atoms with Crippen molar-refractivity contribution < 1.29 is 9.32 Å². The Morgan fingerprint density at radius 2 is 2.21 bits per heavy atom. The van der Waals surface area contributed by atoms with Gasteiger partial charge in [0.15, 0.2) is 0 Å². The molecule has 0 amide bonds. The number of rotatable bonds is 4. The molecule has 0 spiro atoms. The van der Waals surface area contributed by atoms with Gasteiger partial charge in [-0.05, 0) is 19.4 Å². The van der Waals surface area contributed by atoms with Crippen LogP contribution in [0.2, 0.25) is 0 Å².